The molecule has 0 aromatic heterocycles. The van der Waals surface area contributed by atoms with Crippen LogP contribution >= 0.6 is 23.2 Å². The summed E-state index contributed by atoms with van der Waals surface area (Å²) in [5, 5.41) is 1.34. The Hall–Kier alpha value is -1.31. The summed E-state index contributed by atoms with van der Waals surface area (Å²) in [6.45, 7) is 3.91. The number of carbonyl (C=O) groups is 1. The first-order valence-corrected chi connectivity index (χ1v) is 7.19. The molecule has 104 valence electrons. The number of benzene rings is 2. The molecule has 0 spiro atoms. The first-order chi connectivity index (χ1) is 9.38. The predicted octanol–water partition coefficient (Wildman–Crippen LogP) is 5.45. The molecule has 2 aromatic carbocycles. The largest absolute Gasteiger partial charge is 0.294 e. The first-order valence-electron chi connectivity index (χ1n) is 6.43. The smallest absolute Gasteiger partial charge is 0.168 e. The number of Topliss-reactive ketones (excluding diaryl/α,β-unsaturated/α-hetero) is 1. The van der Waals surface area contributed by atoms with Crippen molar-refractivity contribution in [3.8, 4) is 0 Å². The van der Waals surface area contributed by atoms with E-state index in [1.165, 1.54) is 0 Å². The highest BCUT2D eigenvalue weighted by Crippen LogP contribution is 2.28. The van der Waals surface area contributed by atoms with E-state index in [1.54, 1.807) is 24.3 Å². The van der Waals surface area contributed by atoms with Crippen molar-refractivity contribution in [3.05, 3.63) is 69.7 Å². The highest BCUT2D eigenvalue weighted by molar-refractivity contribution is 6.30. The van der Waals surface area contributed by atoms with E-state index in [2.05, 4.69) is 0 Å². The zero-order chi connectivity index (χ0) is 14.8. The molecular formula is C17H16Cl2O. The van der Waals surface area contributed by atoms with Gasteiger partial charge in [0.2, 0.25) is 0 Å². The van der Waals surface area contributed by atoms with Crippen molar-refractivity contribution >= 4 is 29.0 Å². The molecule has 0 atom stereocenters. The fourth-order valence-corrected chi connectivity index (χ4v) is 2.44. The molecule has 0 aliphatic carbocycles. The van der Waals surface area contributed by atoms with Crippen molar-refractivity contribution in [1.29, 1.82) is 0 Å². The molecule has 0 N–H and O–H groups in total. The zero-order valence-electron chi connectivity index (χ0n) is 11.5. The molecule has 0 aliphatic heterocycles. The zero-order valence-corrected chi connectivity index (χ0v) is 13.0. The van der Waals surface area contributed by atoms with Gasteiger partial charge in [-0.05, 0) is 48.4 Å². The van der Waals surface area contributed by atoms with Crippen molar-refractivity contribution < 1.29 is 4.79 Å². The highest BCUT2D eigenvalue weighted by atomic mass is 35.5. The lowest BCUT2D eigenvalue weighted by Crippen LogP contribution is -2.26. The number of carbonyl (C=O) groups excluding carboxylic acids is 1. The van der Waals surface area contributed by atoms with E-state index in [0.29, 0.717) is 22.0 Å². The van der Waals surface area contributed by atoms with E-state index in [4.69, 9.17) is 23.2 Å². The summed E-state index contributed by atoms with van der Waals surface area (Å²) in [6, 6.07) is 14.6. The number of hydrogen-bond donors (Lipinski definition) is 0. The van der Waals surface area contributed by atoms with Crippen molar-refractivity contribution in [3.63, 3.8) is 0 Å². The minimum absolute atomic E-state index is 0.115. The highest BCUT2D eigenvalue weighted by Gasteiger charge is 2.28. The maximum absolute atomic E-state index is 12.6. The molecule has 0 unspecified atom stereocenters. The van der Waals surface area contributed by atoms with Crippen molar-refractivity contribution in [2.75, 3.05) is 0 Å². The van der Waals surface area contributed by atoms with Gasteiger partial charge in [0, 0.05) is 21.0 Å². The predicted molar refractivity (Wildman–Crippen MR) is 84.7 cm³/mol. The van der Waals surface area contributed by atoms with Gasteiger partial charge in [0.25, 0.3) is 0 Å². The van der Waals surface area contributed by atoms with Crippen LogP contribution in [0.5, 0.6) is 0 Å². The third kappa shape index (κ3) is 3.62. The van der Waals surface area contributed by atoms with Crippen molar-refractivity contribution in [2.45, 2.75) is 20.3 Å². The van der Waals surface area contributed by atoms with E-state index in [9.17, 15) is 4.79 Å². The Bertz CT molecular complexity index is 598. The molecule has 0 bridgehead atoms. The normalized spacial score (nSPS) is 11.4. The van der Waals surface area contributed by atoms with Crippen molar-refractivity contribution in [1.82, 2.24) is 0 Å². The Balaban J connectivity index is 2.18. The van der Waals surface area contributed by atoms with Gasteiger partial charge < -0.3 is 0 Å². The molecule has 0 saturated carbocycles. The average molecular weight is 307 g/mol. The summed E-state index contributed by atoms with van der Waals surface area (Å²) in [5.74, 6) is 0.115. The Kier molecular flexibility index (Phi) is 4.52. The van der Waals surface area contributed by atoms with E-state index in [1.807, 2.05) is 38.1 Å². The van der Waals surface area contributed by atoms with E-state index < -0.39 is 5.41 Å². The summed E-state index contributed by atoms with van der Waals surface area (Å²) in [6.07, 6.45) is 0.672. The number of ketones is 1. The summed E-state index contributed by atoms with van der Waals surface area (Å²) in [4.78, 5) is 12.6. The minimum Gasteiger partial charge on any atom is -0.294 e. The Morgan fingerprint density at radius 2 is 1.35 bits per heavy atom. The van der Waals surface area contributed by atoms with Gasteiger partial charge >= 0.3 is 0 Å². The van der Waals surface area contributed by atoms with Crippen LogP contribution in [-0.4, -0.2) is 5.78 Å². The van der Waals surface area contributed by atoms with Crippen LogP contribution < -0.4 is 0 Å². The van der Waals surface area contributed by atoms with E-state index in [0.717, 1.165) is 5.56 Å². The molecule has 0 saturated heterocycles. The third-order valence-electron chi connectivity index (χ3n) is 3.28. The summed E-state index contributed by atoms with van der Waals surface area (Å²) < 4.78 is 0. The van der Waals surface area contributed by atoms with Gasteiger partial charge in [-0.1, -0.05) is 49.2 Å². The second-order valence-electron chi connectivity index (χ2n) is 5.52. The minimum atomic E-state index is -0.471. The maximum atomic E-state index is 12.6. The summed E-state index contributed by atoms with van der Waals surface area (Å²) in [5.41, 5.74) is 1.32. The fraction of sp³-hybridized carbons (Fsp3) is 0.235. The van der Waals surface area contributed by atoms with Crippen LogP contribution in [0.2, 0.25) is 10.0 Å². The lowest BCUT2D eigenvalue weighted by atomic mass is 9.79. The molecule has 1 nitrogen and oxygen atoms in total. The van der Waals surface area contributed by atoms with Gasteiger partial charge in [0.15, 0.2) is 5.78 Å². The van der Waals surface area contributed by atoms with Gasteiger partial charge in [0.1, 0.15) is 0 Å². The van der Waals surface area contributed by atoms with E-state index >= 15 is 0 Å². The van der Waals surface area contributed by atoms with Crippen LogP contribution in [0.3, 0.4) is 0 Å². The molecule has 0 fully saturated rings. The van der Waals surface area contributed by atoms with Crippen molar-refractivity contribution in [2.24, 2.45) is 5.41 Å². The number of rotatable bonds is 4. The molecular weight excluding hydrogens is 291 g/mol. The number of hydrogen-bond acceptors (Lipinski definition) is 1. The Morgan fingerprint density at radius 3 is 1.85 bits per heavy atom. The lowest BCUT2D eigenvalue weighted by Gasteiger charge is -2.23. The molecule has 0 amide bonds. The van der Waals surface area contributed by atoms with Gasteiger partial charge in [-0.15, -0.1) is 0 Å². The molecule has 0 aliphatic rings. The monoisotopic (exact) mass is 306 g/mol. The van der Waals surface area contributed by atoms with Crippen LogP contribution in [-0.2, 0) is 6.42 Å². The fourth-order valence-electron chi connectivity index (χ4n) is 2.18. The third-order valence-corrected chi connectivity index (χ3v) is 3.78. The van der Waals surface area contributed by atoms with Gasteiger partial charge in [0.05, 0.1) is 0 Å². The standard InChI is InChI=1S/C17H16Cl2O/c1-17(2,11-12-3-7-14(18)8-4-12)16(20)13-5-9-15(19)10-6-13/h3-10H,11H2,1-2H3. The molecule has 20 heavy (non-hydrogen) atoms. The SMILES string of the molecule is CC(C)(Cc1ccc(Cl)cc1)C(=O)c1ccc(Cl)cc1. The Morgan fingerprint density at radius 1 is 0.900 bits per heavy atom. The van der Waals surface area contributed by atoms with Gasteiger partial charge in [-0.3, -0.25) is 4.79 Å². The van der Waals surface area contributed by atoms with Crippen LogP contribution in [0.25, 0.3) is 0 Å². The van der Waals surface area contributed by atoms with Crippen LogP contribution in [0, 0.1) is 5.41 Å². The quantitative estimate of drug-likeness (QED) is 0.687. The second-order valence-corrected chi connectivity index (χ2v) is 6.40. The summed E-state index contributed by atoms with van der Waals surface area (Å²) in [7, 11) is 0. The van der Waals surface area contributed by atoms with Gasteiger partial charge in [-0.2, -0.15) is 0 Å². The van der Waals surface area contributed by atoms with E-state index in [-0.39, 0.29) is 5.78 Å². The van der Waals surface area contributed by atoms with Crippen LogP contribution in [0.15, 0.2) is 48.5 Å². The number of halogens is 2. The molecule has 0 heterocycles. The van der Waals surface area contributed by atoms with Gasteiger partial charge in [-0.25, -0.2) is 0 Å². The topological polar surface area (TPSA) is 17.1 Å². The Labute approximate surface area is 129 Å². The van der Waals surface area contributed by atoms with Crippen LogP contribution in [0.4, 0.5) is 0 Å². The molecule has 0 radical (unpaired) electrons. The van der Waals surface area contributed by atoms with Crippen LogP contribution in [0.1, 0.15) is 29.8 Å². The first kappa shape index (κ1) is 15.1. The second kappa shape index (κ2) is 5.99. The summed E-state index contributed by atoms with van der Waals surface area (Å²) >= 11 is 11.7. The lowest BCUT2D eigenvalue weighted by molar-refractivity contribution is 0.0837. The molecule has 2 rings (SSSR count). The average Bonchev–Trinajstić information content (AvgIpc) is 2.41. The maximum Gasteiger partial charge on any atom is 0.168 e. The molecule has 3 heteroatoms. The molecule has 2 aromatic rings.